The van der Waals surface area contributed by atoms with Gasteiger partial charge in [0.2, 0.25) is 0 Å². The fraction of sp³-hybridized carbons (Fsp3) is 0.926. The van der Waals surface area contributed by atoms with Gasteiger partial charge >= 0.3 is 0 Å². The van der Waals surface area contributed by atoms with Gasteiger partial charge in [0.25, 0.3) is 0 Å². The number of aliphatic hydroxyl groups is 1. The van der Waals surface area contributed by atoms with Gasteiger partial charge < -0.3 is 9.84 Å². The number of hydrogen-bond acceptors (Lipinski definition) is 2. The SMILES string of the molecule is CCCCCCCCOC1C(CCC(C)CCCC(C)CC)=CC(O)C(C)C1C. The van der Waals surface area contributed by atoms with Gasteiger partial charge in [-0.25, -0.2) is 0 Å². The molecule has 0 spiro atoms. The van der Waals surface area contributed by atoms with Gasteiger partial charge in [0.05, 0.1) is 12.2 Å². The zero-order valence-electron chi connectivity index (χ0n) is 20.6. The summed E-state index contributed by atoms with van der Waals surface area (Å²) in [5.74, 6) is 2.29. The minimum atomic E-state index is -0.311. The Labute approximate surface area is 182 Å². The minimum Gasteiger partial charge on any atom is -0.389 e. The highest BCUT2D eigenvalue weighted by atomic mass is 16.5. The van der Waals surface area contributed by atoms with Gasteiger partial charge in [-0.2, -0.15) is 0 Å². The lowest BCUT2D eigenvalue weighted by Crippen LogP contribution is -2.39. The Morgan fingerprint density at radius 1 is 0.862 bits per heavy atom. The van der Waals surface area contributed by atoms with Crippen LogP contribution in [0.25, 0.3) is 0 Å². The standard InChI is InChI=1S/C27H52O2/c1-7-9-10-11-12-13-19-29-27-24(6)23(5)26(28)20-25(27)18-17-22(4)16-14-15-21(3)8-2/h20-24,26-28H,7-19H2,1-6H3. The Hall–Kier alpha value is -0.340. The van der Waals surface area contributed by atoms with E-state index in [0.29, 0.717) is 5.92 Å². The summed E-state index contributed by atoms with van der Waals surface area (Å²) in [6, 6.07) is 0. The van der Waals surface area contributed by atoms with E-state index >= 15 is 0 Å². The second-order valence-electron chi connectivity index (χ2n) is 10.1. The monoisotopic (exact) mass is 408 g/mol. The number of ether oxygens (including phenoxy) is 1. The van der Waals surface area contributed by atoms with Gasteiger partial charge in [0, 0.05) is 6.61 Å². The first kappa shape index (κ1) is 26.7. The van der Waals surface area contributed by atoms with Crippen molar-refractivity contribution in [1.29, 1.82) is 0 Å². The van der Waals surface area contributed by atoms with Gasteiger partial charge in [-0.05, 0) is 48.5 Å². The van der Waals surface area contributed by atoms with E-state index in [2.05, 4.69) is 47.6 Å². The number of hydrogen-bond donors (Lipinski definition) is 1. The Bertz CT molecular complexity index is 430. The zero-order chi connectivity index (χ0) is 21.6. The highest BCUT2D eigenvalue weighted by Gasteiger charge is 2.34. The van der Waals surface area contributed by atoms with E-state index in [9.17, 15) is 5.11 Å². The molecule has 1 aliphatic carbocycles. The molecule has 0 aromatic carbocycles. The molecule has 0 fully saturated rings. The van der Waals surface area contributed by atoms with E-state index < -0.39 is 0 Å². The van der Waals surface area contributed by atoms with E-state index in [0.717, 1.165) is 24.9 Å². The summed E-state index contributed by atoms with van der Waals surface area (Å²) in [7, 11) is 0. The van der Waals surface area contributed by atoms with Crippen LogP contribution in [0.2, 0.25) is 0 Å². The van der Waals surface area contributed by atoms with Crippen molar-refractivity contribution >= 4 is 0 Å². The highest BCUT2D eigenvalue weighted by molar-refractivity contribution is 5.18. The van der Waals surface area contributed by atoms with E-state index in [4.69, 9.17) is 4.74 Å². The maximum atomic E-state index is 10.5. The summed E-state index contributed by atoms with van der Waals surface area (Å²) in [6.45, 7) is 14.6. The largest absolute Gasteiger partial charge is 0.389 e. The molecule has 6 atom stereocenters. The molecular formula is C27H52O2. The molecule has 1 aliphatic rings. The van der Waals surface area contributed by atoms with E-state index in [1.54, 1.807) is 0 Å². The maximum Gasteiger partial charge on any atom is 0.0815 e. The summed E-state index contributed by atoms with van der Waals surface area (Å²) in [4.78, 5) is 0. The molecule has 1 N–H and O–H groups in total. The maximum absolute atomic E-state index is 10.5. The molecule has 0 aliphatic heterocycles. The predicted molar refractivity (Wildman–Crippen MR) is 127 cm³/mol. The van der Waals surface area contributed by atoms with Crippen LogP contribution in [0.1, 0.15) is 119 Å². The molecule has 29 heavy (non-hydrogen) atoms. The average molecular weight is 409 g/mol. The third-order valence-corrected chi connectivity index (χ3v) is 7.41. The summed E-state index contributed by atoms with van der Waals surface area (Å²) in [5, 5.41) is 10.5. The Morgan fingerprint density at radius 3 is 2.21 bits per heavy atom. The molecule has 2 heteroatoms. The third kappa shape index (κ3) is 10.5. The zero-order valence-corrected chi connectivity index (χ0v) is 20.6. The van der Waals surface area contributed by atoms with Gasteiger partial charge in [0.15, 0.2) is 0 Å². The van der Waals surface area contributed by atoms with Crippen LogP contribution >= 0.6 is 0 Å². The van der Waals surface area contributed by atoms with Crippen LogP contribution in [0.3, 0.4) is 0 Å². The predicted octanol–water partition coefficient (Wildman–Crippen LogP) is 7.94. The molecule has 0 aromatic rings. The lowest BCUT2D eigenvalue weighted by Gasteiger charge is -2.38. The van der Waals surface area contributed by atoms with E-state index in [-0.39, 0.29) is 18.1 Å². The lowest BCUT2D eigenvalue weighted by atomic mass is 9.76. The second kappa shape index (κ2) is 15.5. The van der Waals surface area contributed by atoms with E-state index in [1.807, 2.05) is 0 Å². The van der Waals surface area contributed by atoms with Gasteiger partial charge in [-0.1, -0.05) is 105 Å². The molecule has 0 bridgehead atoms. The van der Waals surface area contributed by atoms with Crippen LogP contribution in [0.4, 0.5) is 0 Å². The molecule has 0 saturated carbocycles. The van der Waals surface area contributed by atoms with Gasteiger partial charge in [-0.15, -0.1) is 0 Å². The molecule has 172 valence electrons. The average Bonchev–Trinajstić information content (AvgIpc) is 2.71. The molecule has 0 radical (unpaired) electrons. The van der Waals surface area contributed by atoms with Crippen molar-refractivity contribution < 1.29 is 9.84 Å². The number of aliphatic hydroxyl groups excluding tert-OH is 1. The van der Waals surface area contributed by atoms with Crippen molar-refractivity contribution in [3.8, 4) is 0 Å². The van der Waals surface area contributed by atoms with Gasteiger partial charge in [-0.3, -0.25) is 0 Å². The highest BCUT2D eigenvalue weighted by Crippen LogP contribution is 2.35. The number of unbranched alkanes of at least 4 members (excludes halogenated alkanes) is 5. The Morgan fingerprint density at radius 2 is 1.52 bits per heavy atom. The van der Waals surface area contributed by atoms with Crippen LogP contribution < -0.4 is 0 Å². The first-order valence-corrected chi connectivity index (χ1v) is 12.9. The molecule has 1 rings (SSSR count). The molecule has 2 nitrogen and oxygen atoms in total. The quantitative estimate of drug-likeness (QED) is 0.207. The topological polar surface area (TPSA) is 29.5 Å². The smallest absolute Gasteiger partial charge is 0.0815 e. The number of rotatable bonds is 16. The van der Waals surface area contributed by atoms with Crippen LogP contribution in [0.5, 0.6) is 0 Å². The fourth-order valence-electron chi connectivity index (χ4n) is 4.54. The molecule has 6 unspecified atom stereocenters. The third-order valence-electron chi connectivity index (χ3n) is 7.41. The van der Waals surface area contributed by atoms with Crippen molar-refractivity contribution in [1.82, 2.24) is 0 Å². The summed E-state index contributed by atoms with van der Waals surface area (Å²) in [6.07, 6.45) is 17.5. The molecule has 0 saturated heterocycles. The molecule has 0 aromatic heterocycles. The van der Waals surface area contributed by atoms with Crippen LogP contribution in [-0.4, -0.2) is 23.9 Å². The summed E-state index contributed by atoms with van der Waals surface area (Å²) < 4.78 is 6.41. The first-order valence-electron chi connectivity index (χ1n) is 12.9. The van der Waals surface area contributed by atoms with Crippen molar-refractivity contribution in [2.75, 3.05) is 6.61 Å². The second-order valence-corrected chi connectivity index (χ2v) is 10.1. The van der Waals surface area contributed by atoms with Crippen LogP contribution in [-0.2, 0) is 4.74 Å². The van der Waals surface area contributed by atoms with Crippen molar-refractivity contribution in [2.24, 2.45) is 23.7 Å². The van der Waals surface area contributed by atoms with E-state index in [1.165, 1.54) is 76.2 Å². The fourth-order valence-corrected chi connectivity index (χ4v) is 4.54. The normalized spacial score (nSPS) is 26.9. The summed E-state index contributed by atoms with van der Waals surface area (Å²) >= 11 is 0. The van der Waals surface area contributed by atoms with Crippen molar-refractivity contribution in [3.63, 3.8) is 0 Å². The molecule has 0 amide bonds. The Kier molecular flexibility index (Phi) is 14.2. The minimum absolute atomic E-state index is 0.205. The van der Waals surface area contributed by atoms with Crippen LogP contribution in [0.15, 0.2) is 11.6 Å². The molecule has 0 heterocycles. The van der Waals surface area contributed by atoms with Crippen molar-refractivity contribution in [2.45, 2.75) is 131 Å². The first-order chi connectivity index (χ1) is 13.9. The van der Waals surface area contributed by atoms with Crippen LogP contribution in [0, 0.1) is 23.7 Å². The Balaban J connectivity index is 2.45. The van der Waals surface area contributed by atoms with Crippen molar-refractivity contribution in [3.05, 3.63) is 11.6 Å². The lowest BCUT2D eigenvalue weighted by molar-refractivity contribution is -0.0127. The van der Waals surface area contributed by atoms with Gasteiger partial charge in [0.1, 0.15) is 0 Å². The molecular weight excluding hydrogens is 356 g/mol. The summed E-state index contributed by atoms with van der Waals surface area (Å²) in [5.41, 5.74) is 1.36.